The van der Waals surface area contributed by atoms with E-state index in [1.807, 2.05) is 6.07 Å². The van der Waals surface area contributed by atoms with Gasteiger partial charge in [-0.1, -0.05) is 38.0 Å². The molecule has 38 heavy (non-hydrogen) atoms. The minimum absolute atomic E-state index is 0.123. The first-order chi connectivity index (χ1) is 18.1. The summed E-state index contributed by atoms with van der Waals surface area (Å²) in [5, 5.41) is 0. The number of alkyl halides is 3. The fourth-order valence-corrected chi connectivity index (χ4v) is 7.19. The maximum Gasteiger partial charge on any atom is 0.422 e. The van der Waals surface area contributed by atoms with Gasteiger partial charge in [0.15, 0.2) is 0 Å². The van der Waals surface area contributed by atoms with Gasteiger partial charge in [-0.15, -0.1) is 0 Å². The van der Waals surface area contributed by atoms with E-state index in [4.69, 9.17) is 0 Å². The summed E-state index contributed by atoms with van der Waals surface area (Å²) < 4.78 is 82.0. The van der Waals surface area contributed by atoms with Crippen LogP contribution in [-0.4, -0.2) is 0 Å². The Kier molecular flexibility index (Phi) is 7.98. The molecule has 6 heteroatoms. The van der Waals surface area contributed by atoms with Gasteiger partial charge in [-0.25, -0.2) is 13.2 Å². The van der Waals surface area contributed by atoms with Crippen molar-refractivity contribution in [2.75, 3.05) is 0 Å². The maximum absolute atomic E-state index is 15.1. The Morgan fingerprint density at radius 3 is 1.79 bits per heavy atom. The van der Waals surface area contributed by atoms with Gasteiger partial charge in [-0.3, -0.25) is 0 Å². The number of allylic oxidation sites excluding steroid dienone is 2. The van der Waals surface area contributed by atoms with Crippen molar-refractivity contribution in [3.05, 3.63) is 76.1 Å². The van der Waals surface area contributed by atoms with Gasteiger partial charge in [0.25, 0.3) is 0 Å². The first kappa shape index (κ1) is 27.3. The quantitative estimate of drug-likeness (QED) is 0.342. The molecule has 0 radical (unpaired) electrons. The molecule has 0 N–H and O–H groups in total. The van der Waals surface area contributed by atoms with Crippen LogP contribution in [0.2, 0.25) is 0 Å². The van der Waals surface area contributed by atoms with Crippen molar-refractivity contribution in [2.24, 2.45) is 17.8 Å². The number of hydrogen-bond donors (Lipinski definition) is 0. The van der Waals surface area contributed by atoms with Gasteiger partial charge in [0.1, 0.15) is 23.0 Å². The largest absolute Gasteiger partial charge is 0.422 e. The Bertz CT molecular complexity index is 1140. The van der Waals surface area contributed by atoms with Crippen molar-refractivity contribution in [3.8, 4) is 0 Å². The molecule has 0 heterocycles. The Morgan fingerprint density at radius 2 is 1.24 bits per heavy atom. The highest BCUT2D eigenvalue weighted by Gasteiger charge is 2.39. The fraction of sp³-hybridized carbons (Fsp3) is 0.562. The molecule has 1 unspecified atom stereocenters. The van der Waals surface area contributed by atoms with E-state index in [1.54, 1.807) is 6.07 Å². The van der Waals surface area contributed by atoms with Crippen LogP contribution in [0, 0.1) is 35.2 Å². The second-order valence-corrected chi connectivity index (χ2v) is 11.9. The van der Waals surface area contributed by atoms with E-state index in [0.29, 0.717) is 41.7 Å². The van der Waals surface area contributed by atoms with Gasteiger partial charge >= 0.3 is 6.18 Å². The molecule has 5 rings (SSSR count). The van der Waals surface area contributed by atoms with Crippen LogP contribution < -0.4 is 0 Å². The first-order valence-corrected chi connectivity index (χ1v) is 14.1. The molecule has 0 amide bonds. The van der Waals surface area contributed by atoms with Crippen molar-refractivity contribution in [1.29, 1.82) is 0 Å². The smallest absolute Gasteiger partial charge is 0.206 e. The van der Waals surface area contributed by atoms with Crippen molar-refractivity contribution < 1.29 is 26.3 Å². The number of rotatable bonds is 4. The lowest BCUT2D eigenvalue weighted by Crippen LogP contribution is -2.23. The minimum Gasteiger partial charge on any atom is -0.206 e. The lowest BCUT2D eigenvalue weighted by molar-refractivity contribution is -0.142. The van der Waals surface area contributed by atoms with Crippen LogP contribution in [0.5, 0.6) is 0 Å². The minimum atomic E-state index is -5.04. The fourth-order valence-electron chi connectivity index (χ4n) is 7.19. The van der Waals surface area contributed by atoms with E-state index in [1.165, 1.54) is 12.8 Å². The van der Waals surface area contributed by atoms with E-state index >= 15 is 4.39 Å². The van der Waals surface area contributed by atoms with Crippen LogP contribution in [0.3, 0.4) is 0 Å². The molecule has 0 spiro atoms. The summed E-state index contributed by atoms with van der Waals surface area (Å²) in [5.41, 5.74) is 1.42. The summed E-state index contributed by atoms with van der Waals surface area (Å²) in [6.45, 7) is 2.29. The van der Waals surface area contributed by atoms with E-state index < -0.39 is 23.4 Å². The van der Waals surface area contributed by atoms with Gasteiger partial charge in [-0.05, 0) is 122 Å². The van der Waals surface area contributed by atoms with Crippen LogP contribution in [0.15, 0.2) is 36.4 Å². The van der Waals surface area contributed by atoms with Crippen LogP contribution in [-0.2, 0) is 6.18 Å². The lowest BCUT2D eigenvalue weighted by atomic mass is 9.70. The normalized spacial score (nSPS) is 28.7. The Hall–Kier alpha value is -2.24. The molecule has 3 aliphatic rings. The molecule has 206 valence electrons. The second-order valence-electron chi connectivity index (χ2n) is 11.9. The highest BCUT2D eigenvalue weighted by Crippen LogP contribution is 2.45. The van der Waals surface area contributed by atoms with Gasteiger partial charge in [0.2, 0.25) is 0 Å². The third-order valence-corrected chi connectivity index (χ3v) is 9.54. The Labute approximate surface area is 221 Å². The topological polar surface area (TPSA) is 0 Å². The predicted molar refractivity (Wildman–Crippen MR) is 138 cm³/mol. The number of benzene rings is 2. The van der Waals surface area contributed by atoms with Crippen LogP contribution >= 0.6 is 0 Å². The molecule has 0 bridgehead atoms. The summed E-state index contributed by atoms with van der Waals surface area (Å²) in [4.78, 5) is 0. The third kappa shape index (κ3) is 5.84. The second kappa shape index (κ2) is 11.1. The van der Waals surface area contributed by atoms with Crippen LogP contribution in [0.1, 0.15) is 112 Å². The van der Waals surface area contributed by atoms with Gasteiger partial charge < -0.3 is 0 Å². The van der Waals surface area contributed by atoms with Gasteiger partial charge in [0.05, 0.1) is 0 Å². The monoisotopic (exact) mass is 534 g/mol. The summed E-state index contributed by atoms with van der Waals surface area (Å²) >= 11 is 0. The van der Waals surface area contributed by atoms with Crippen molar-refractivity contribution >= 4 is 5.57 Å². The van der Waals surface area contributed by atoms with Crippen molar-refractivity contribution in [3.63, 3.8) is 0 Å². The molecule has 1 atom stereocenters. The highest BCUT2D eigenvalue weighted by molar-refractivity contribution is 5.67. The SMILES string of the molecule is CC1CCC(c2ccc(C3=CCC(C4CCC(c5cc(F)c(C(F)(F)F)c(F)c5)CC4)CC3)c(F)c2)CC1. The van der Waals surface area contributed by atoms with E-state index in [-0.39, 0.29) is 11.7 Å². The summed E-state index contributed by atoms with van der Waals surface area (Å²) in [6.07, 6.45) is 7.69. The van der Waals surface area contributed by atoms with Crippen molar-refractivity contribution in [2.45, 2.75) is 95.6 Å². The zero-order valence-electron chi connectivity index (χ0n) is 21.9. The lowest BCUT2D eigenvalue weighted by Gasteiger charge is -2.36. The van der Waals surface area contributed by atoms with E-state index in [9.17, 15) is 22.0 Å². The van der Waals surface area contributed by atoms with Crippen molar-refractivity contribution in [1.82, 2.24) is 0 Å². The molecule has 0 nitrogen and oxygen atoms in total. The zero-order valence-corrected chi connectivity index (χ0v) is 21.9. The van der Waals surface area contributed by atoms with Crippen LogP contribution in [0.25, 0.3) is 5.57 Å². The summed E-state index contributed by atoms with van der Waals surface area (Å²) in [7, 11) is 0. The Balaban J connectivity index is 1.18. The number of halogens is 6. The van der Waals surface area contributed by atoms with Crippen LogP contribution in [0.4, 0.5) is 26.3 Å². The molecule has 0 aliphatic heterocycles. The van der Waals surface area contributed by atoms with Gasteiger partial charge in [-0.2, -0.15) is 13.2 Å². The maximum atomic E-state index is 15.1. The standard InChI is InChI=1S/C32H36F6/c1-19-2-4-22(5-3-19)25-14-15-27(28(33)16-25)24-12-10-21(11-13-24)20-6-8-23(9-7-20)26-17-29(34)31(30(35)18-26)32(36,37)38/h12,14-23H,2-11,13H2,1H3. The zero-order chi connectivity index (χ0) is 27.0. The molecule has 2 aromatic rings. The van der Waals surface area contributed by atoms with E-state index in [2.05, 4.69) is 19.1 Å². The molecule has 3 aliphatic carbocycles. The summed E-state index contributed by atoms with van der Waals surface area (Å²) in [6, 6.07) is 7.54. The van der Waals surface area contributed by atoms with Gasteiger partial charge in [0, 0.05) is 5.56 Å². The molecule has 2 aromatic carbocycles. The predicted octanol–water partition coefficient (Wildman–Crippen LogP) is 10.6. The highest BCUT2D eigenvalue weighted by atomic mass is 19.4. The third-order valence-electron chi connectivity index (χ3n) is 9.54. The average Bonchev–Trinajstić information content (AvgIpc) is 2.88. The summed E-state index contributed by atoms with van der Waals surface area (Å²) in [5.74, 6) is -1.15. The molecule has 2 saturated carbocycles. The molecule has 0 saturated heterocycles. The molecular formula is C32H36F6. The number of hydrogen-bond acceptors (Lipinski definition) is 0. The molecular weight excluding hydrogens is 498 g/mol. The Morgan fingerprint density at radius 1 is 0.658 bits per heavy atom. The molecule has 2 fully saturated rings. The van der Waals surface area contributed by atoms with E-state index in [0.717, 1.165) is 74.1 Å². The molecule has 0 aromatic heterocycles. The first-order valence-electron chi connectivity index (χ1n) is 14.1. The average molecular weight is 535 g/mol.